The van der Waals surface area contributed by atoms with Crippen molar-refractivity contribution in [2.45, 2.75) is 50.7 Å². The second-order valence-corrected chi connectivity index (χ2v) is 6.19. The summed E-state index contributed by atoms with van der Waals surface area (Å²) < 4.78 is 0. The molecule has 108 valence electrons. The standard InChI is InChI=1S/C14H31N3O/c1-14(18,12-15)8-4-5-9-17-10-6-13(7-11-17)16(2)3/h13,18H,4-12,15H2,1-3H3. The molecule has 0 aromatic heterocycles. The van der Waals surface area contributed by atoms with Gasteiger partial charge in [0.15, 0.2) is 0 Å². The lowest BCUT2D eigenvalue weighted by atomic mass is 9.99. The lowest BCUT2D eigenvalue weighted by Gasteiger charge is -2.35. The van der Waals surface area contributed by atoms with Gasteiger partial charge in [-0.2, -0.15) is 0 Å². The third kappa shape index (κ3) is 5.65. The summed E-state index contributed by atoms with van der Waals surface area (Å²) in [5, 5.41) is 9.81. The van der Waals surface area contributed by atoms with E-state index < -0.39 is 5.60 Å². The highest BCUT2D eigenvalue weighted by Gasteiger charge is 2.21. The molecule has 0 amide bonds. The van der Waals surface area contributed by atoms with Gasteiger partial charge in [0.1, 0.15) is 0 Å². The smallest absolute Gasteiger partial charge is 0.0741 e. The highest BCUT2D eigenvalue weighted by molar-refractivity contribution is 4.77. The maximum Gasteiger partial charge on any atom is 0.0741 e. The van der Waals surface area contributed by atoms with E-state index >= 15 is 0 Å². The number of rotatable bonds is 7. The van der Waals surface area contributed by atoms with Crippen LogP contribution in [0, 0.1) is 0 Å². The van der Waals surface area contributed by atoms with Crippen LogP contribution in [-0.4, -0.2) is 66.8 Å². The lowest BCUT2D eigenvalue weighted by molar-refractivity contribution is 0.0556. The van der Waals surface area contributed by atoms with Crippen LogP contribution in [0.15, 0.2) is 0 Å². The van der Waals surface area contributed by atoms with Crippen LogP contribution in [0.25, 0.3) is 0 Å². The molecule has 1 aliphatic heterocycles. The number of nitrogens with two attached hydrogens (primary N) is 1. The first-order chi connectivity index (χ1) is 8.44. The van der Waals surface area contributed by atoms with E-state index in [0.29, 0.717) is 6.54 Å². The Hall–Kier alpha value is -0.160. The number of hydrogen-bond acceptors (Lipinski definition) is 4. The summed E-state index contributed by atoms with van der Waals surface area (Å²) in [6, 6.07) is 0.763. The number of likely N-dealkylation sites (tertiary alicyclic amines) is 1. The van der Waals surface area contributed by atoms with Gasteiger partial charge in [0.05, 0.1) is 5.60 Å². The van der Waals surface area contributed by atoms with Gasteiger partial charge in [0, 0.05) is 12.6 Å². The summed E-state index contributed by atoms with van der Waals surface area (Å²) >= 11 is 0. The monoisotopic (exact) mass is 257 g/mol. The fourth-order valence-corrected chi connectivity index (χ4v) is 2.60. The first kappa shape index (κ1) is 15.9. The van der Waals surface area contributed by atoms with E-state index in [1.54, 1.807) is 0 Å². The first-order valence-electron chi connectivity index (χ1n) is 7.26. The molecule has 1 saturated heterocycles. The summed E-state index contributed by atoms with van der Waals surface area (Å²) in [4.78, 5) is 4.90. The normalized spacial score (nSPS) is 22.3. The van der Waals surface area contributed by atoms with Crippen LogP contribution >= 0.6 is 0 Å². The van der Waals surface area contributed by atoms with Crippen LogP contribution in [0.4, 0.5) is 0 Å². The number of unbranched alkanes of at least 4 members (excludes halogenated alkanes) is 1. The Morgan fingerprint density at radius 3 is 2.39 bits per heavy atom. The van der Waals surface area contributed by atoms with Crippen LogP contribution in [0.5, 0.6) is 0 Å². The zero-order valence-corrected chi connectivity index (χ0v) is 12.4. The highest BCUT2D eigenvalue weighted by Crippen LogP contribution is 2.16. The fourth-order valence-electron chi connectivity index (χ4n) is 2.60. The quantitative estimate of drug-likeness (QED) is 0.665. The van der Waals surface area contributed by atoms with E-state index in [4.69, 9.17) is 5.73 Å². The number of aliphatic hydroxyl groups is 1. The SMILES string of the molecule is CN(C)C1CCN(CCCCC(C)(O)CN)CC1. The Morgan fingerprint density at radius 1 is 1.28 bits per heavy atom. The number of hydrogen-bond donors (Lipinski definition) is 2. The molecule has 0 spiro atoms. The van der Waals surface area contributed by atoms with Crippen molar-refractivity contribution < 1.29 is 5.11 Å². The van der Waals surface area contributed by atoms with Crippen LogP contribution in [0.2, 0.25) is 0 Å². The Balaban J connectivity index is 2.08. The predicted molar refractivity (Wildman–Crippen MR) is 76.7 cm³/mol. The summed E-state index contributed by atoms with van der Waals surface area (Å²) in [6.07, 6.45) is 5.62. The van der Waals surface area contributed by atoms with Crippen molar-refractivity contribution in [1.29, 1.82) is 0 Å². The molecule has 1 rings (SSSR count). The lowest BCUT2D eigenvalue weighted by Crippen LogP contribution is -2.42. The summed E-state index contributed by atoms with van der Waals surface area (Å²) in [5.74, 6) is 0. The van der Waals surface area contributed by atoms with Gasteiger partial charge in [-0.3, -0.25) is 0 Å². The predicted octanol–water partition coefficient (Wildman–Crippen LogP) is 0.892. The third-order valence-electron chi connectivity index (χ3n) is 4.17. The molecule has 0 saturated carbocycles. The molecule has 4 heteroatoms. The second-order valence-electron chi connectivity index (χ2n) is 6.19. The number of piperidine rings is 1. The highest BCUT2D eigenvalue weighted by atomic mass is 16.3. The third-order valence-corrected chi connectivity index (χ3v) is 4.17. The molecule has 0 aliphatic carbocycles. The van der Waals surface area contributed by atoms with Gasteiger partial charge < -0.3 is 20.6 Å². The van der Waals surface area contributed by atoms with Crippen molar-refractivity contribution in [3.8, 4) is 0 Å². The zero-order valence-electron chi connectivity index (χ0n) is 12.4. The van der Waals surface area contributed by atoms with E-state index in [1.165, 1.54) is 38.9 Å². The summed E-state index contributed by atoms with van der Waals surface area (Å²) in [5.41, 5.74) is 4.84. The molecule has 1 fully saturated rings. The Morgan fingerprint density at radius 2 is 1.89 bits per heavy atom. The molecule has 1 unspecified atom stereocenters. The molecule has 1 heterocycles. The van der Waals surface area contributed by atoms with Crippen LogP contribution in [0.1, 0.15) is 39.0 Å². The number of nitrogens with zero attached hydrogens (tertiary/aromatic N) is 2. The topological polar surface area (TPSA) is 52.7 Å². The molecule has 4 nitrogen and oxygen atoms in total. The van der Waals surface area contributed by atoms with Crippen LogP contribution < -0.4 is 5.73 Å². The molecular weight excluding hydrogens is 226 g/mol. The summed E-state index contributed by atoms with van der Waals surface area (Å²) in [7, 11) is 4.35. The van der Waals surface area contributed by atoms with E-state index in [-0.39, 0.29) is 0 Å². The minimum atomic E-state index is -0.669. The Bertz CT molecular complexity index is 223. The van der Waals surface area contributed by atoms with Crippen molar-refractivity contribution in [2.24, 2.45) is 5.73 Å². The van der Waals surface area contributed by atoms with Crippen molar-refractivity contribution in [2.75, 3.05) is 40.3 Å². The molecule has 1 atom stereocenters. The maximum atomic E-state index is 9.81. The molecule has 0 aromatic carbocycles. The summed E-state index contributed by atoms with van der Waals surface area (Å²) in [6.45, 7) is 5.80. The van der Waals surface area contributed by atoms with Gasteiger partial charge in [-0.1, -0.05) is 0 Å². The average molecular weight is 257 g/mol. The van der Waals surface area contributed by atoms with E-state index in [0.717, 1.165) is 18.9 Å². The minimum Gasteiger partial charge on any atom is -0.389 e. The van der Waals surface area contributed by atoms with Gasteiger partial charge in [-0.15, -0.1) is 0 Å². The molecular formula is C14H31N3O. The molecule has 1 aliphatic rings. The molecule has 18 heavy (non-hydrogen) atoms. The van der Waals surface area contributed by atoms with E-state index in [1.807, 2.05) is 6.92 Å². The maximum absolute atomic E-state index is 9.81. The van der Waals surface area contributed by atoms with E-state index in [9.17, 15) is 5.11 Å². The van der Waals surface area contributed by atoms with Gasteiger partial charge in [0.2, 0.25) is 0 Å². The first-order valence-corrected chi connectivity index (χ1v) is 7.26. The van der Waals surface area contributed by atoms with Crippen molar-refractivity contribution >= 4 is 0 Å². The van der Waals surface area contributed by atoms with Crippen LogP contribution in [-0.2, 0) is 0 Å². The van der Waals surface area contributed by atoms with Crippen molar-refractivity contribution in [3.63, 3.8) is 0 Å². The van der Waals surface area contributed by atoms with Gasteiger partial charge in [0.25, 0.3) is 0 Å². The van der Waals surface area contributed by atoms with Gasteiger partial charge >= 0.3 is 0 Å². The molecule has 0 aromatic rings. The largest absolute Gasteiger partial charge is 0.389 e. The Kier molecular flexibility index (Phi) is 6.57. The van der Waals surface area contributed by atoms with Crippen molar-refractivity contribution in [1.82, 2.24) is 9.80 Å². The molecule has 0 bridgehead atoms. The Labute approximate surface area is 112 Å². The fraction of sp³-hybridized carbons (Fsp3) is 1.00. The van der Waals surface area contributed by atoms with Crippen LogP contribution in [0.3, 0.4) is 0 Å². The van der Waals surface area contributed by atoms with Crippen molar-refractivity contribution in [3.05, 3.63) is 0 Å². The van der Waals surface area contributed by atoms with Gasteiger partial charge in [-0.05, 0) is 72.8 Å². The van der Waals surface area contributed by atoms with Gasteiger partial charge in [-0.25, -0.2) is 0 Å². The minimum absolute atomic E-state index is 0.362. The molecule has 0 radical (unpaired) electrons. The average Bonchev–Trinajstić information content (AvgIpc) is 2.35. The second kappa shape index (κ2) is 7.43. The zero-order chi connectivity index (χ0) is 13.6. The van der Waals surface area contributed by atoms with E-state index in [2.05, 4.69) is 23.9 Å². The molecule has 3 N–H and O–H groups in total.